The average Bonchev–Trinajstić information content (AvgIpc) is 2.27. The Balaban J connectivity index is 3.88. The summed E-state index contributed by atoms with van der Waals surface area (Å²) in [7, 11) is -9.97. The normalized spacial score (nSPS) is 11.9. The summed E-state index contributed by atoms with van der Waals surface area (Å²) in [5.41, 5.74) is -0.544. The number of phenolic OH excluding ortho intramolecular Hbond substituents is 2. The van der Waals surface area contributed by atoms with Gasteiger partial charge in [0.05, 0.1) is 0 Å². The van der Waals surface area contributed by atoms with Crippen LogP contribution in [0.5, 0.6) is 11.5 Å². The standard InChI is InChI=1S/C9H9NO8S2/c10-3-1-2-5-6(19(13,14)15)4-7(20(16,17)18)9(12)8(5)11/h1,4,10-12H,2H2,(H,13,14,15)(H,16,17,18). The van der Waals surface area contributed by atoms with Crippen LogP contribution in [0.25, 0.3) is 0 Å². The molecular formula is C9H9NO8S2. The highest BCUT2D eigenvalue weighted by Gasteiger charge is 2.28. The lowest BCUT2D eigenvalue weighted by Crippen LogP contribution is -2.07. The Morgan fingerprint density at radius 1 is 1.05 bits per heavy atom. The summed E-state index contributed by atoms with van der Waals surface area (Å²) in [6, 6.07) is 0.298. The van der Waals surface area contributed by atoms with E-state index in [4.69, 9.17) is 14.5 Å². The summed E-state index contributed by atoms with van der Waals surface area (Å²) >= 11 is 0. The van der Waals surface area contributed by atoms with E-state index < -0.39 is 53.5 Å². The van der Waals surface area contributed by atoms with E-state index in [9.17, 15) is 27.0 Å². The van der Waals surface area contributed by atoms with Crippen molar-refractivity contribution in [2.45, 2.75) is 16.2 Å². The molecule has 5 N–H and O–H groups in total. The third-order valence-electron chi connectivity index (χ3n) is 2.27. The third-order valence-corrected chi connectivity index (χ3v) is 4.05. The van der Waals surface area contributed by atoms with Crippen LogP contribution in [0.1, 0.15) is 5.56 Å². The van der Waals surface area contributed by atoms with Crippen LogP contribution in [0, 0.1) is 5.41 Å². The zero-order valence-electron chi connectivity index (χ0n) is 9.60. The van der Waals surface area contributed by atoms with Crippen LogP contribution >= 0.6 is 0 Å². The molecule has 20 heavy (non-hydrogen) atoms. The lowest BCUT2D eigenvalue weighted by molar-refractivity contribution is 0.382. The maximum Gasteiger partial charge on any atom is 0.298 e. The molecule has 0 fully saturated rings. The van der Waals surface area contributed by atoms with Gasteiger partial charge in [0.2, 0.25) is 0 Å². The molecule has 0 aliphatic heterocycles. The zero-order valence-corrected chi connectivity index (χ0v) is 11.2. The molecule has 0 bridgehead atoms. The zero-order chi connectivity index (χ0) is 15.7. The Labute approximate surface area is 113 Å². The molecule has 110 valence electrons. The largest absolute Gasteiger partial charge is 0.504 e. The molecular weight excluding hydrogens is 314 g/mol. The quantitative estimate of drug-likeness (QED) is 0.291. The smallest absolute Gasteiger partial charge is 0.298 e. The number of aromatic hydroxyl groups is 2. The number of allylic oxidation sites excluding steroid dienone is 1. The number of hydrogen-bond acceptors (Lipinski definition) is 7. The van der Waals surface area contributed by atoms with E-state index in [0.29, 0.717) is 6.07 Å². The van der Waals surface area contributed by atoms with Crippen molar-refractivity contribution in [3.8, 4) is 11.5 Å². The Bertz CT molecular complexity index is 803. The van der Waals surface area contributed by atoms with Gasteiger partial charge in [-0.15, -0.1) is 0 Å². The second-order valence-electron chi connectivity index (χ2n) is 3.55. The van der Waals surface area contributed by atoms with Crippen molar-refractivity contribution in [1.82, 2.24) is 0 Å². The van der Waals surface area contributed by atoms with Gasteiger partial charge >= 0.3 is 0 Å². The Morgan fingerprint density at radius 2 is 1.55 bits per heavy atom. The monoisotopic (exact) mass is 323 g/mol. The Hall–Kier alpha value is -1.91. The number of nitrogens with one attached hydrogen (secondary N) is 1. The minimum Gasteiger partial charge on any atom is -0.504 e. The van der Waals surface area contributed by atoms with Crippen LogP contribution in [0.2, 0.25) is 0 Å². The van der Waals surface area contributed by atoms with Gasteiger partial charge in [0.1, 0.15) is 9.79 Å². The number of benzene rings is 1. The molecule has 0 aliphatic rings. The van der Waals surface area contributed by atoms with Gasteiger partial charge in [0.15, 0.2) is 11.5 Å². The fourth-order valence-electron chi connectivity index (χ4n) is 1.43. The first-order chi connectivity index (χ1) is 9.00. The van der Waals surface area contributed by atoms with Crippen LogP contribution in [-0.2, 0) is 26.7 Å². The van der Waals surface area contributed by atoms with Gasteiger partial charge in [-0.05, 0) is 18.0 Å². The van der Waals surface area contributed by atoms with Gasteiger partial charge in [0.25, 0.3) is 20.2 Å². The molecule has 1 aromatic rings. The summed E-state index contributed by atoms with van der Waals surface area (Å²) in [5, 5.41) is 25.7. The van der Waals surface area contributed by atoms with Crippen molar-refractivity contribution in [1.29, 1.82) is 5.41 Å². The molecule has 0 aromatic heterocycles. The fraction of sp³-hybridized carbons (Fsp3) is 0.111. The van der Waals surface area contributed by atoms with Crippen LogP contribution in [0.3, 0.4) is 0 Å². The number of hydrogen-bond donors (Lipinski definition) is 5. The summed E-state index contributed by atoms with van der Waals surface area (Å²) in [5.74, 6) is -0.649. The summed E-state index contributed by atoms with van der Waals surface area (Å²) < 4.78 is 62.1. The van der Waals surface area contributed by atoms with Crippen molar-refractivity contribution in [2.24, 2.45) is 0 Å². The topological polar surface area (TPSA) is 173 Å². The van der Waals surface area contributed by atoms with Gasteiger partial charge in [0, 0.05) is 12.0 Å². The second kappa shape index (κ2) is 5.23. The molecule has 1 aromatic carbocycles. The van der Waals surface area contributed by atoms with Crippen molar-refractivity contribution >= 4 is 26.1 Å². The van der Waals surface area contributed by atoms with Gasteiger partial charge < -0.3 is 10.2 Å². The van der Waals surface area contributed by atoms with Crippen LogP contribution in [-0.4, -0.2) is 42.0 Å². The van der Waals surface area contributed by atoms with Crippen molar-refractivity contribution < 1.29 is 36.2 Å². The first kappa shape index (κ1) is 16.1. The van der Waals surface area contributed by atoms with E-state index in [1.54, 1.807) is 5.87 Å². The molecule has 0 heterocycles. The molecule has 0 saturated carbocycles. The Morgan fingerprint density at radius 3 is 1.95 bits per heavy atom. The van der Waals surface area contributed by atoms with Gasteiger partial charge in [-0.25, -0.2) is 0 Å². The molecule has 9 nitrogen and oxygen atoms in total. The third kappa shape index (κ3) is 3.15. The molecule has 0 saturated heterocycles. The van der Waals surface area contributed by atoms with Gasteiger partial charge in [-0.3, -0.25) is 14.5 Å². The summed E-state index contributed by atoms with van der Waals surface area (Å²) in [4.78, 5) is -2.29. The fourth-order valence-corrected chi connectivity index (χ4v) is 2.87. The van der Waals surface area contributed by atoms with Crippen molar-refractivity contribution in [2.75, 3.05) is 0 Å². The van der Waals surface area contributed by atoms with E-state index in [1.165, 1.54) is 0 Å². The lowest BCUT2D eigenvalue weighted by Gasteiger charge is -2.11. The van der Waals surface area contributed by atoms with Crippen LogP contribution < -0.4 is 0 Å². The first-order valence-electron chi connectivity index (χ1n) is 4.77. The van der Waals surface area contributed by atoms with E-state index in [0.717, 1.165) is 6.08 Å². The average molecular weight is 323 g/mol. The summed E-state index contributed by atoms with van der Waals surface area (Å²) in [6.45, 7) is 0. The maximum atomic E-state index is 11.2. The van der Waals surface area contributed by atoms with Crippen LogP contribution in [0.15, 0.2) is 21.9 Å². The predicted molar refractivity (Wildman–Crippen MR) is 65.4 cm³/mol. The molecule has 11 heteroatoms. The van der Waals surface area contributed by atoms with Gasteiger partial charge in [-0.2, -0.15) is 16.8 Å². The minimum absolute atomic E-state index is 0.298. The summed E-state index contributed by atoms with van der Waals surface area (Å²) in [6.07, 6.45) is 0.528. The first-order valence-corrected chi connectivity index (χ1v) is 7.65. The molecule has 0 radical (unpaired) electrons. The van der Waals surface area contributed by atoms with Crippen molar-refractivity contribution in [3.63, 3.8) is 0 Å². The van der Waals surface area contributed by atoms with E-state index in [2.05, 4.69) is 0 Å². The van der Waals surface area contributed by atoms with E-state index >= 15 is 0 Å². The molecule has 0 aliphatic carbocycles. The minimum atomic E-state index is -5.02. The van der Waals surface area contributed by atoms with Gasteiger partial charge in [-0.1, -0.05) is 0 Å². The van der Waals surface area contributed by atoms with E-state index in [-0.39, 0.29) is 0 Å². The molecule has 1 rings (SSSR count). The second-order valence-corrected chi connectivity index (χ2v) is 6.33. The SMILES string of the molecule is N=C=CCc1c(S(=O)(=O)O)cc(S(=O)(=O)O)c(O)c1O. The molecule has 0 amide bonds. The molecule has 0 atom stereocenters. The molecule has 0 unspecified atom stereocenters. The lowest BCUT2D eigenvalue weighted by atomic mass is 10.1. The van der Waals surface area contributed by atoms with Crippen molar-refractivity contribution in [3.05, 3.63) is 17.7 Å². The Kier molecular flexibility index (Phi) is 4.22. The maximum absolute atomic E-state index is 11.2. The highest BCUT2D eigenvalue weighted by Crippen LogP contribution is 2.39. The predicted octanol–water partition coefficient (Wildman–Crippen LogP) is -0.0616. The number of rotatable bonds is 4. The van der Waals surface area contributed by atoms with E-state index in [1.807, 2.05) is 0 Å². The number of phenols is 2. The van der Waals surface area contributed by atoms with Crippen LogP contribution in [0.4, 0.5) is 0 Å². The highest BCUT2D eigenvalue weighted by atomic mass is 32.2. The molecule has 0 spiro atoms. The highest BCUT2D eigenvalue weighted by molar-refractivity contribution is 7.86.